The second-order valence-electron chi connectivity index (χ2n) is 6.94. The Balaban J connectivity index is 0.00000300. The molecule has 0 radical (unpaired) electrons. The van der Waals surface area contributed by atoms with Gasteiger partial charge in [-0.1, -0.05) is 5.21 Å². The van der Waals surface area contributed by atoms with Crippen molar-refractivity contribution < 1.29 is 18.3 Å². The first-order valence-electron chi connectivity index (χ1n) is 9.41. The minimum absolute atomic E-state index is 0. The van der Waals surface area contributed by atoms with Crippen molar-refractivity contribution in [1.82, 2.24) is 25.2 Å². The molecule has 160 valence electrons. The summed E-state index contributed by atoms with van der Waals surface area (Å²) in [7, 11) is 1.95. The third kappa shape index (κ3) is 5.63. The molecule has 10 heteroatoms. The van der Waals surface area contributed by atoms with Gasteiger partial charge in [0.25, 0.3) is 5.91 Å². The molecule has 1 aliphatic heterocycles. The molecule has 1 amide bonds. The van der Waals surface area contributed by atoms with Crippen LogP contribution in [0.2, 0.25) is 0 Å². The Morgan fingerprint density at radius 3 is 2.52 bits per heavy atom. The van der Waals surface area contributed by atoms with Crippen molar-refractivity contribution in [3.05, 3.63) is 35.7 Å². The summed E-state index contributed by atoms with van der Waals surface area (Å²) in [6.45, 7) is 1.34. The highest BCUT2D eigenvalue weighted by atomic mass is 35.5. The summed E-state index contributed by atoms with van der Waals surface area (Å²) >= 11 is 0. The monoisotopic (exact) mass is 429 g/mol. The van der Waals surface area contributed by atoms with Gasteiger partial charge < -0.3 is 15.0 Å². The summed E-state index contributed by atoms with van der Waals surface area (Å²) in [6.07, 6.45) is 3.11. The second-order valence-corrected chi connectivity index (χ2v) is 6.94. The van der Waals surface area contributed by atoms with Crippen molar-refractivity contribution in [3.8, 4) is 11.4 Å². The van der Waals surface area contributed by atoms with Crippen LogP contribution in [0, 0.1) is 12.8 Å². The highest BCUT2D eigenvalue weighted by Crippen LogP contribution is 2.23. The first kappa shape index (κ1) is 23.0. The van der Waals surface area contributed by atoms with Crippen molar-refractivity contribution in [2.24, 2.45) is 5.92 Å². The topological polar surface area (TPSA) is 72.3 Å². The molecule has 3 rings (SSSR count). The Morgan fingerprint density at radius 1 is 1.28 bits per heavy atom. The Bertz CT molecular complexity index is 792. The molecule has 7 nitrogen and oxygen atoms in total. The lowest BCUT2D eigenvalue weighted by atomic mass is 9.93. The lowest BCUT2D eigenvalue weighted by molar-refractivity contribution is -0.0498. The van der Waals surface area contributed by atoms with Gasteiger partial charge in [-0.3, -0.25) is 4.79 Å². The van der Waals surface area contributed by atoms with Crippen LogP contribution in [-0.4, -0.2) is 59.1 Å². The number of nitrogens with zero attached hydrogens (tertiary/aromatic N) is 4. The third-order valence-electron chi connectivity index (χ3n) is 5.11. The molecule has 0 saturated carbocycles. The number of halogens is 3. The fraction of sp³-hybridized carbons (Fsp3) is 0.526. The summed E-state index contributed by atoms with van der Waals surface area (Å²) in [4.78, 5) is 14.7. The molecule has 2 heterocycles. The SMILES string of the molecule is CNCCC1CCN(C(=O)c2nnn(-c3ccc(OC(F)F)cc3)c2C)CC1.Cl. The van der Waals surface area contributed by atoms with Crippen molar-refractivity contribution in [2.45, 2.75) is 32.8 Å². The van der Waals surface area contributed by atoms with E-state index in [9.17, 15) is 13.6 Å². The number of rotatable bonds is 7. The molecule has 1 N–H and O–H groups in total. The average molecular weight is 430 g/mol. The molecule has 1 fully saturated rings. The van der Waals surface area contributed by atoms with Crippen LogP contribution in [0.4, 0.5) is 8.78 Å². The molecule has 1 aromatic heterocycles. The molecule has 1 aliphatic rings. The molecular weight excluding hydrogens is 404 g/mol. The number of carbonyl (C=O) groups is 1. The Hall–Kier alpha value is -2.26. The van der Waals surface area contributed by atoms with E-state index >= 15 is 0 Å². The largest absolute Gasteiger partial charge is 0.435 e. The van der Waals surface area contributed by atoms with E-state index < -0.39 is 6.61 Å². The van der Waals surface area contributed by atoms with E-state index in [0.29, 0.717) is 23.0 Å². The molecular formula is C19H26ClF2N5O2. The number of amides is 1. The maximum absolute atomic E-state index is 12.9. The van der Waals surface area contributed by atoms with Crippen LogP contribution in [0.3, 0.4) is 0 Å². The van der Waals surface area contributed by atoms with Gasteiger partial charge in [-0.05, 0) is 70.0 Å². The van der Waals surface area contributed by atoms with Gasteiger partial charge in [0.05, 0.1) is 11.4 Å². The Labute approximate surface area is 174 Å². The van der Waals surface area contributed by atoms with Crippen molar-refractivity contribution in [1.29, 1.82) is 0 Å². The van der Waals surface area contributed by atoms with Crippen molar-refractivity contribution in [3.63, 3.8) is 0 Å². The maximum atomic E-state index is 12.9. The Morgan fingerprint density at radius 2 is 1.93 bits per heavy atom. The highest BCUT2D eigenvalue weighted by molar-refractivity contribution is 5.93. The number of benzene rings is 1. The summed E-state index contributed by atoms with van der Waals surface area (Å²) in [5.74, 6) is 0.588. The smallest absolute Gasteiger partial charge is 0.387 e. The molecule has 1 aromatic carbocycles. The number of piperidine rings is 1. The number of likely N-dealkylation sites (tertiary alicyclic amines) is 1. The van der Waals surface area contributed by atoms with E-state index in [1.54, 1.807) is 19.1 Å². The van der Waals surface area contributed by atoms with Gasteiger partial charge in [0.15, 0.2) is 5.69 Å². The van der Waals surface area contributed by atoms with Crippen LogP contribution in [-0.2, 0) is 0 Å². The van der Waals surface area contributed by atoms with Gasteiger partial charge in [-0.15, -0.1) is 17.5 Å². The van der Waals surface area contributed by atoms with Crippen molar-refractivity contribution in [2.75, 3.05) is 26.7 Å². The summed E-state index contributed by atoms with van der Waals surface area (Å²) in [6, 6.07) is 6.06. The number of alkyl halides is 2. The fourth-order valence-electron chi connectivity index (χ4n) is 3.46. The molecule has 0 bridgehead atoms. The standard InChI is InChI=1S/C19H25F2N5O2.ClH/c1-13-17(18(27)25-11-8-14(9-12-25)7-10-22-2)23-24-26(13)15-3-5-16(6-4-15)28-19(20)21;/h3-6,14,19,22H,7-12H2,1-2H3;1H. The van der Waals surface area contributed by atoms with Crippen LogP contribution in [0.5, 0.6) is 5.75 Å². The minimum atomic E-state index is -2.87. The highest BCUT2D eigenvalue weighted by Gasteiger charge is 2.27. The van der Waals surface area contributed by atoms with Crippen LogP contribution >= 0.6 is 12.4 Å². The first-order valence-corrected chi connectivity index (χ1v) is 9.41. The number of hydrogen-bond acceptors (Lipinski definition) is 5. The number of ether oxygens (including phenoxy) is 1. The van der Waals surface area contributed by atoms with E-state index in [4.69, 9.17) is 0 Å². The summed E-state index contributed by atoms with van der Waals surface area (Å²) in [5, 5.41) is 11.3. The maximum Gasteiger partial charge on any atom is 0.387 e. The zero-order valence-electron chi connectivity index (χ0n) is 16.5. The van der Waals surface area contributed by atoms with Gasteiger partial charge in [0, 0.05) is 13.1 Å². The number of hydrogen-bond donors (Lipinski definition) is 1. The van der Waals surface area contributed by atoms with Gasteiger partial charge in [0.1, 0.15) is 5.75 Å². The third-order valence-corrected chi connectivity index (χ3v) is 5.11. The summed E-state index contributed by atoms with van der Waals surface area (Å²) in [5.41, 5.74) is 1.56. The van der Waals surface area contributed by atoms with Gasteiger partial charge in [0.2, 0.25) is 0 Å². The quantitative estimate of drug-likeness (QED) is 0.732. The van der Waals surface area contributed by atoms with E-state index in [-0.39, 0.29) is 24.1 Å². The molecule has 1 saturated heterocycles. The Kier molecular flexibility index (Phi) is 8.33. The molecule has 2 aromatic rings. The lowest BCUT2D eigenvalue weighted by Gasteiger charge is -2.31. The second kappa shape index (κ2) is 10.5. The first-order chi connectivity index (χ1) is 13.5. The van der Waals surface area contributed by atoms with E-state index in [0.717, 1.165) is 38.9 Å². The zero-order valence-corrected chi connectivity index (χ0v) is 17.3. The molecule has 0 atom stereocenters. The predicted molar refractivity (Wildman–Crippen MR) is 107 cm³/mol. The fourth-order valence-corrected chi connectivity index (χ4v) is 3.46. The molecule has 0 unspecified atom stereocenters. The van der Waals surface area contributed by atoms with Crippen LogP contribution in [0.15, 0.2) is 24.3 Å². The van der Waals surface area contributed by atoms with Crippen molar-refractivity contribution >= 4 is 18.3 Å². The molecule has 0 aliphatic carbocycles. The van der Waals surface area contributed by atoms with Crippen LogP contribution in [0.1, 0.15) is 35.4 Å². The number of carbonyl (C=O) groups excluding carboxylic acids is 1. The number of nitrogens with one attached hydrogen (secondary N) is 1. The summed E-state index contributed by atoms with van der Waals surface area (Å²) < 4.78 is 30.4. The average Bonchev–Trinajstić information content (AvgIpc) is 3.08. The van der Waals surface area contributed by atoms with Crippen LogP contribution in [0.25, 0.3) is 5.69 Å². The lowest BCUT2D eigenvalue weighted by Crippen LogP contribution is -2.39. The normalized spacial score (nSPS) is 14.7. The van der Waals surface area contributed by atoms with E-state index in [2.05, 4.69) is 20.4 Å². The van der Waals surface area contributed by atoms with Gasteiger partial charge >= 0.3 is 6.61 Å². The van der Waals surface area contributed by atoms with Gasteiger partial charge in [-0.25, -0.2) is 4.68 Å². The van der Waals surface area contributed by atoms with Crippen LogP contribution < -0.4 is 10.1 Å². The minimum Gasteiger partial charge on any atom is -0.435 e. The number of aromatic nitrogens is 3. The zero-order chi connectivity index (χ0) is 20.1. The molecule has 0 spiro atoms. The van der Waals surface area contributed by atoms with E-state index in [1.807, 2.05) is 11.9 Å². The van der Waals surface area contributed by atoms with E-state index in [1.165, 1.54) is 16.8 Å². The predicted octanol–water partition coefficient (Wildman–Crippen LogP) is 3.06. The molecule has 29 heavy (non-hydrogen) atoms. The van der Waals surface area contributed by atoms with Gasteiger partial charge in [-0.2, -0.15) is 8.78 Å².